The van der Waals surface area contributed by atoms with Crippen LogP contribution in [0.3, 0.4) is 0 Å². The summed E-state index contributed by atoms with van der Waals surface area (Å²) in [6.07, 6.45) is 13.2. The van der Waals surface area contributed by atoms with Crippen molar-refractivity contribution < 1.29 is 14.7 Å². The van der Waals surface area contributed by atoms with Crippen molar-refractivity contribution in [2.75, 3.05) is 0 Å². The van der Waals surface area contributed by atoms with Gasteiger partial charge in [0, 0.05) is 18.8 Å². The molecule has 1 N–H and O–H groups in total. The van der Waals surface area contributed by atoms with E-state index in [2.05, 4.69) is 34.6 Å². The average molecular weight is 419 g/mol. The molecule has 3 heteroatoms. The highest BCUT2D eigenvalue weighted by atomic mass is 16.4. The number of ketones is 1. The highest BCUT2D eigenvalue weighted by Crippen LogP contribution is 2.67. The normalized spacial score (nSPS) is 46.0. The van der Waals surface area contributed by atoms with E-state index in [1.165, 1.54) is 57.8 Å². The predicted molar refractivity (Wildman–Crippen MR) is 122 cm³/mol. The Bertz CT molecular complexity index is 638. The highest BCUT2D eigenvalue weighted by Gasteiger charge is 2.63. The third-order valence-electron chi connectivity index (χ3n) is 10.3. The Kier molecular flexibility index (Phi) is 7.09. The first kappa shape index (κ1) is 23.8. The highest BCUT2D eigenvalue weighted by molar-refractivity contribution is 5.87. The van der Waals surface area contributed by atoms with Gasteiger partial charge in [0.1, 0.15) is 5.78 Å². The van der Waals surface area contributed by atoms with E-state index >= 15 is 0 Å². The fourth-order valence-corrected chi connectivity index (χ4v) is 8.78. The molecule has 0 aromatic heterocycles. The summed E-state index contributed by atoms with van der Waals surface area (Å²) >= 11 is 0. The number of carboxylic acid groups (broad SMARTS) is 1. The van der Waals surface area contributed by atoms with Gasteiger partial charge in [-0.05, 0) is 85.4 Å². The van der Waals surface area contributed by atoms with Crippen LogP contribution < -0.4 is 0 Å². The molecular weight excluding hydrogens is 372 g/mol. The smallest absolute Gasteiger partial charge is 0.300 e. The third kappa shape index (κ3) is 3.99. The Hall–Kier alpha value is -0.860. The number of carbonyl (C=O) groups is 2. The molecule has 4 aliphatic carbocycles. The summed E-state index contributed by atoms with van der Waals surface area (Å²) in [5, 5.41) is 7.42. The molecule has 0 heterocycles. The van der Waals surface area contributed by atoms with Crippen molar-refractivity contribution in [3.8, 4) is 0 Å². The van der Waals surface area contributed by atoms with Crippen molar-refractivity contribution in [1.82, 2.24) is 0 Å². The second-order valence-corrected chi connectivity index (χ2v) is 11.9. The second kappa shape index (κ2) is 8.94. The van der Waals surface area contributed by atoms with Crippen LogP contribution in [0.25, 0.3) is 0 Å². The lowest BCUT2D eigenvalue weighted by Crippen LogP contribution is -2.57. The van der Waals surface area contributed by atoms with Crippen LogP contribution in [0.15, 0.2) is 0 Å². The maximum absolute atomic E-state index is 13.7. The van der Waals surface area contributed by atoms with Crippen LogP contribution in [0.1, 0.15) is 106 Å². The summed E-state index contributed by atoms with van der Waals surface area (Å²) in [6.45, 7) is 13.3. The van der Waals surface area contributed by atoms with Gasteiger partial charge >= 0.3 is 0 Å². The lowest BCUT2D eigenvalue weighted by Gasteiger charge is -2.60. The molecule has 4 rings (SSSR count). The van der Waals surface area contributed by atoms with Gasteiger partial charge in [-0.2, -0.15) is 0 Å². The number of carboxylic acids is 1. The van der Waals surface area contributed by atoms with E-state index in [-0.39, 0.29) is 5.41 Å². The van der Waals surface area contributed by atoms with Crippen molar-refractivity contribution in [2.45, 2.75) is 106 Å². The van der Waals surface area contributed by atoms with E-state index in [0.717, 1.165) is 37.0 Å². The first-order chi connectivity index (χ1) is 14.1. The van der Waals surface area contributed by atoms with Crippen LogP contribution in [0.2, 0.25) is 0 Å². The number of aliphatic carboxylic acids is 1. The molecule has 0 aromatic rings. The van der Waals surface area contributed by atoms with Gasteiger partial charge in [-0.15, -0.1) is 0 Å². The monoisotopic (exact) mass is 418 g/mol. The maximum atomic E-state index is 13.7. The average Bonchev–Trinajstić information content (AvgIpc) is 3.02. The third-order valence-corrected chi connectivity index (χ3v) is 10.3. The molecule has 0 aliphatic heterocycles. The zero-order chi connectivity index (χ0) is 22.3. The van der Waals surface area contributed by atoms with Crippen LogP contribution in [-0.2, 0) is 9.59 Å². The minimum atomic E-state index is -0.833. The quantitative estimate of drug-likeness (QED) is 0.537. The Morgan fingerprint density at radius 1 is 1.13 bits per heavy atom. The van der Waals surface area contributed by atoms with Crippen molar-refractivity contribution in [3.63, 3.8) is 0 Å². The molecule has 0 saturated heterocycles. The van der Waals surface area contributed by atoms with Crippen molar-refractivity contribution in [1.29, 1.82) is 0 Å². The van der Waals surface area contributed by atoms with Gasteiger partial charge in [-0.25, -0.2) is 0 Å². The molecule has 0 radical (unpaired) electrons. The van der Waals surface area contributed by atoms with Crippen LogP contribution in [0, 0.1) is 52.3 Å². The van der Waals surface area contributed by atoms with E-state index < -0.39 is 5.97 Å². The van der Waals surface area contributed by atoms with Crippen molar-refractivity contribution in [3.05, 3.63) is 0 Å². The fourth-order valence-electron chi connectivity index (χ4n) is 8.78. The number of Topliss-reactive ketones (excluding diaryl/α,β-unsaturated/α-hetero) is 1. The van der Waals surface area contributed by atoms with Gasteiger partial charge in [0.05, 0.1) is 0 Å². The number of hydrogen-bond donors (Lipinski definition) is 1. The molecule has 0 bridgehead atoms. The minimum Gasteiger partial charge on any atom is -0.481 e. The molecule has 4 saturated carbocycles. The molecule has 30 heavy (non-hydrogen) atoms. The molecule has 0 spiro atoms. The second-order valence-electron chi connectivity index (χ2n) is 11.9. The van der Waals surface area contributed by atoms with E-state index in [1.54, 1.807) is 0 Å². The Morgan fingerprint density at radius 3 is 2.43 bits per heavy atom. The van der Waals surface area contributed by atoms with Gasteiger partial charge < -0.3 is 5.11 Å². The van der Waals surface area contributed by atoms with E-state index in [1.807, 2.05) is 0 Å². The molecule has 4 fully saturated rings. The van der Waals surface area contributed by atoms with Gasteiger partial charge in [0.25, 0.3) is 5.97 Å². The molecule has 9 atom stereocenters. The molecule has 172 valence electrons. The predicted octanol–water partition coefficient (Wildman–Crippen LogP) is 6.99. The fraction of sp³-hybridized carbons (Fsp3) is 0.926. The molecule has 3 nitrogen and oxygen atoms in total. The summed E-state index contributed by atoms with van der Waals surface area (Å²) < 4.78 is 0. The summed E-state index contributed by atoms with van der Waals surface area (Å²) in [4.78, 5) is 22.7. The summed E-state index contributed by atoms with van der Waals surface area (Å²) in [6, 6.07) is 0. The van der Waals surface area contributed by atoms with Crippen molar-refractivity contribution in [2.24, 2.45) is 52.3 Å². The lowest BCUT2D eigenvalue weighted by atomic mass is 9.43. The number of fused-ring (bicyclic) bond motifs is 5. The number of hydrogen-bond acceptors (Lipinski definition) is 2. The lowest BCUT2D eigenvalue weighted by molar-refractivity contribution is -0.158. The van der Waals surface area contributed by atoms with Gasteiger partial charge in [0.2, 0.25) is 0 Å². The zero-order valence-electron chi connectivity index (χ0n) is 20.4. The minimum absolute atomic E-state index is 0.000901. The number of rotatable bonds is 3. The van der Waals surface area contributed by atoms with E-state index in [4.69, 9.17) is 9.90 Å². The van der Waals surface area contributed by atoms with Crippen LogP contribution in [-0.4, -0.2) is 16.9 Å². The van der Waals surface area contributed by atoms with Crippen LogP contribution >= 0.6 is 0 Å². The molecule has 0 amide bonds. The topological polar surface area (TPSA) is 54.4 Å². The number of carbonyl (C=O) groups excluding carboxylic acids is 1. The molecule has 4 aliphatic rings. The largest absolute Gasteiger partial charge is 0.481 e. The summed E-state index contributed by atoms with van der Waals surface area (Å²) in [7, 11) is 0. The Morgan fingerprint density at radius 2 is 1.80 bits per heavy atom. The van der Waals surface area contributed by atoms with Crippen LogP contribution in [0.5, 0.6) is 0 Å². The summed E-state index contributed by atoms with van der Waals surface area (Å²) in [5.74, 6) is 5.21. The maximum Gasteiger partial charge on any atom is 0.300 e. The first-order valence-corrected chi connectivity index (χ1v) is 12.8. The van der Waals surface area contributed by atoms with E-state index in [9.17, 15) is 4.79 Å². The molecule has 0 aromatic carbocycles. The standard InChI is InChI=1S/C25H42O.C2H4O2/c1-6-7-17(3)20-10-11-21-19-9-8-18-14-16(2)12-13-24(18,4)22(19)15-23(26)25(20,21)5;1-2(3)4/h16-22H,6-15H2,1-5H3;1H3,(H,3,4)/t16-,17-,18-,19+,20?,21+,22+,24+,25-;/m1./s1. The molecule has 1 unspecified atom stereocenters. The first-order valence-electron chi connectivity index (χ1n) is 12.8. The Labute approximate surface area is 184 Å². The molecular formula is C27H46O3. The van der Waals surface area contributed by atoms with Gasteiger partial charge in [-0.1, -0.05) is 53.9 Å². The zero-order valence-corrected chi connectivity index (χ0v) is 20.4. The van der Waals surface area contributed by atoms with E-state index in [0.29, 0.717) is 29.0 Å². The van der Waals surface area contributed by atoms with Gasteiger partial charge in [0.15, 0.2) is 0 Å². The van der Waals surface area contributed by atoms with Gasteiger partial charge in [-0.3, -0.25) is 9.59 Å². The SMILES string of the molecule is CC(=O)O.CCC[C@@H](C)C1CC[C@H]2[C@@H]3CC[C@@H]4C[C@H](C)CC[C@]4(C)[C@H]3CC(=O)[C@]12C. The Balaban J connectivity index is 0.000000589. The summed E-state index contributed by atoms with van der Waals surface area (Å²) in [5.41, 5.74) is 0.459. The van der Waals surface area contributed by atoms with Crippen LogP contribution in [0.4, 0.5) is 0 Å². The van der Waals surface area contributed by atoms with Crippen molar-refractivity contribution >= 4 is 11.8 Å².